The van der Waals surface area contributed by atoms with Gasteiger partial charge in [0, 0.05) is 12.2 Å². The van der Waals surface area contributed by atoms with Gasteiger partial charge in [-0.05, 0) is 73.7 Å². The average molecular weight is 468 g/mol. The van der Waals surface area contributed by atoms with Crippen molar-refractivity contribution in [2.24, 2.45) is 0 Å². The smallest absolute Gasteiger partial charge is 0.276 e. The first-order chi connectivity index (χ1) is 15.4. The fourth-order valence-electron chi connectivity index (χ4n) is 3.57. The van der Waals surface area contributed by atoms with Gasteiger partial charge in [0.05, 0.1) is 17.0 Å². The zero-order valence-corrected chi connectivity index (χ0v) is 19.6. The van der Waals surface area contributed by atoms with Gasteiger partial charge in [0.2, 0.25) is 5.91 Å². The van der Waals surface area contributed by atoms with Crippen LogP contribution in [0.3, 0.4) is 0 Å². The van der Waals surface area contributed by atoms with E-state index in [2.05, 4.69) is 4.98 Å². The summed E-state index contributed by atoms with van der Waals surface area (Å²) in [4.78, 5) is 32.7. The molecule has 5 nitrogen and oxygen atoms in total. The minimum Gasteiger partial charge on any atom is -0.312 e. The number of benzene rings is 2. The summed E-state index contributed by atoms with van der Waals surface area (Å²) in [5, 5.41) is 2.22. The Bertz CT molecular complexity index is 1360. The Morgan fingerprint density at radius 1 is 1.19 bits per heavy atom. The number of hydrogen-bond acceptors (Lipinski definition) is 5. The molecule has 4 aromatic rings. The Morgan fingerprint density at radius 2 is 2.00 bits per heavy atom. The maximum Gasteiger partial charge on any atom is 0.276 e. The Morgan fingerprint density at radius 3 is 2.72 bits per heavy atom. The van der Waals surface area contributed by atoms with Crippen LogP contribution in [0.5, 0.6) is 0 Å². The summed E-state index contributed by atoms with van der Waals surface area (Å²) in [5.74, 6) is -0.333. The highest BCUT2D eigenvalue weighted by Crippen LogP contribution is 2.26. The molecular weight excluding hydrogens is 445 g/mol. The molecule has 4 rings (SSSR count). The fraction of sp³-hybridized carbons (Fsp3) is 0.208. The molecule has 1 amide bonds. The SMILES string of the molecule is CCN(C(=O)CSc1nc2ccsc2c(=O)n1-c1ccc(F)cc1C)c1cccc(C)c1. The number of carbonyl (C=O) groups is 1. The number of rotatable bonds is 6. The quantitative estimate of drug-likeness (QED) is 0.283. The van der Waals surface area contributed by atoms with Crippen molar-refractivity contribution in [3.8, 4) is 5.69 Å². The first kappa shape index (κ1) is 22.2. The highest BCUT2D eigenvalue weighted by atomic mass is 32.2. The molecule has 2 aromatic heterocycles. The van der Waals surface area contributed by atoms with Crippen LogP contribution in [0.4, 0.5) is 10.1 Å². The lowest BCUT2D eigenvalue weighted by Gasteiger charge is -2.21. The highest BCUT2D eigenvalue weighted by molar-refractivity contribution is 7.99. The first-order valence-electron chi connectivity index (χ1n) is 10.2. The van der Waals surface area contributed by atoms with Gasteiger partial charge in [-0.1, -0.05) is 23.9 Å². The number of anilines is 1. The van der Waals surface area contributed by atoms with Gasteiger partial charge in [0.25, 0.3) is 5.56 Å². The molecule has 0 aliphatic rings. The lowest BCUT2D eigenvalue weighted by Crippen LogP contribution is -2.32. The number of fused-ring (bicyclic) bond motifs is 1. The summed E-state index contributed by atoms with van der Waals surface area (Å²) in [6.45, 7) is 6.20. The number of carbonyl (C=O) groups excluding carboxylic acids is 1. The van der Waals surface area contributed by atoms with E-state index in [4.69, 9.17) is 0 Å². The molecule has 0 radical (unpaired) electrons. The van der Waals surface area contributed by atoms with Crippen LogP contribution in [0.2, 0.25) is 0 Å². The molecule has 0 atom stereocenters. The largest absolute Gasteiger partial charge is 0.312 e. The summed E-state index contributed by atoms with van der Waals surface area (Å²) >= 11 is 2.53. The predicted octanol–water partition coefficient (Wildman–Crippen LogP) is 5.35. The van der Waals surface area contributed by atoms with Gasteiger partial charge in [-0.3, -0.25) is 14.2 Å². The van der Waals surface area contributed by atoms with Crippen LogP contribution in [0, 0.1) is 19.7 Å². The average Bonchev–Trinajstić information content (AvgIpc) is 3.23. The second kappa shape index (κ2) is 9.26. The van der Waals surface area contributed by atoms with E-state index in [0.29, 0.717) is 33.2 Å². The van der Waals surface area contributed by atoms with Crippen molar-refractivity contribution < 1.29 is 9.18 Å². The summed E-state index contributed by atoms with van der Waals surface area (Å²) in [7, 11) is 0. The summed E-state index contributed by atoms with van der Waals surface area (Å²) in [6, 6.07) is 13.9. The molecule has 32 heavy (non-hydrogen) atoms. The molecular formula is C24H22FN3O2S2. The van der Waals surface area contributed by atoms with Gasteiger partial charge in [0.15, 0.2) is 5.16 Å². The lowest BCUT2D eigenvalue weighted by atomic mass is 10.2. The number of thiophene rings is 1. The summed E-state index contributed by atoms with van der Waals surface area (Å²) in [5.41, 5.74) is 3.46. The Kier molecular flexibility index (Phi) is 6.43. The van der Waals surface area contributed by atoms with E-state index in [1.807, 2.05) is 43.5 Å². The van der Waals surface area contributed by atoms with Crippen molar-refractivity contribution in [2.75, 3.05) is 17.2 Å². The zero-order valence-electron chi connectivity index (χ0n) is 18.0. The third kappa shape index (κ3) is 4.33. The highest BCUT2D eigenvalue weighted by Gasteiger charge is 2.19. The second-order valence-electron chi connectivity index (χ2n) is 7.37. The van der Waals surface area contributed by atoms with Gasteiger partial charge in [-0.2, -0.15) is 0 Å². The van der Waals surface area contributed by atoms with Crippen molar-refractivity contribution in [1.82, 2.24) is 9.55 Å². The Hall–Kier alpha value is -2.97. The van der Waals surface area contributed by atoms with E-state index < -0.39 is 0 Å². The van der Waals surface area contributed by atoms with Crippen LogP contribution >= 0.6 is 23.1 Å². The van der Waals surface area contributed by atoms with Gasteiger partial charge in [-0.25, -0.2) is 9.37 Å². The monoisotopic (exact) mass is 467 g/mol. The molecule has 0 N–H and O–H groups in total. The number of aromatic nitrogens is 2. The normalized spacial score (nSPS) is 11.1. The summed E-state index contributed by atoms with van der Waals surface area (Å²) in [6.07, 6.45) is 0. The van der Waals surface area contributed by atoms with Crippen LogP contribution in [0.1, 0.15) is 18.1 Å². The lowest BCUT2D eigenvalue weighted by molar-refractivity contribution is -0.116. The van der Waals surface area contributed by atoms with E-state index in [1.54, 1.807) is 24.0 Å². The van der Waals surface area contributed by atoms with Crippen LogP contribution < -0.4 is 10.5 Å². The maximum atomic E-state index is 13.7. The van der Waals surface area contributed by atoms with Gasteiger partial charge in [-0.15, -0.1) is 11.3 Å². The van der Waals surface area contributed by atoms with Crippen LogP contribution in [0.15, 0.2) is 63.9 Å². The molecule has 0 unspecified atom stereocenters. The third-order valence-corrected chi connectivity index (χ3v) is 6.92. The van der Waals surface area contributed by atoms with Crippen molar-refractivity contribution in [2.45, 2.75) is 25.9 Å². The van der Waals surface area contributed by atoms with Crippen molar-refractivity contribution >= 4 is 44.9 Å². The van der Waals surface area contributed by atoms with E-state index in [9.17, 15) is 14.0 Å². The number of halogens is 1. The number of nitrogens with zero attached hydrogens (tertiary/aromatic N) is 3. The van der Waals surface area contributed by atoms with E-state index >= 15 is 0 Å². The number of thioether (sulfide) groups is 1. The molecule has 2 aromatic carbocycles. The fourth-order valence-corrected chi connectivity index (χ4v) is 5.22. The van der Waals surface area contributed by atoms with E-state index in [0.717, 1.165) is 11.3 Å². The molecule has 8 heteroatoms. The zero-order chi connectivity index (χ0) is 22.8. The number of amides is 1. The van der Waals surface area contributed by atoms with E-state index in [-0.39, 0.29) is 23.0 Å². The van der Waals surface area contributed by atoms with Crippen molar-refractivity contribution in [3.05, 3.63) is 81.2 Å². The Labute approximate surface area is 193 Å². The standard InChI is InChI=1S/C24H22FN3O2S2/c1-4-27(18-7-5-6-15(2)12-18)21(29)14-32-24-26-19-10-11-31-22(19)23(30)28(24)20-9-8-17(25)13-16(20)3/h5-13H,4,14H2,1-3H3. The third-order valence-electron chi connectivity index (χ3n) is 5.10. The van der Waals surface area contributed by atoms with Crippen LogP contribution in [-0.4, -0.2) is 27.8 Å². The second-order valence-corrected chi connectivity index (χ2v) is 9.23. The molecule has 0 aliphatic carbocycles. The topological polar surface area (TPSA) is 55.2 Å². The molecule has 0 saturated heterocycles. The molecule has 164 valence electrons. The molecule has 0 fully saturated rings. The Balaban J connectivity index is 1.71. The minimum absolute atomic E-state index is 0.0786. The van der Waals surface area contributed by atoms with Crippen molar-refractivity contribution in [1.29, 1.82) is 0 Å². The van der Waals surface area contributed by atoms with E-state index in [1.165, 1.54) is 39.8 Å². The predicted molar refractivity (Wildman–Crippen MR) is 130 cm³/mol. The van der Waals surface area contributed by atoms with Gasteiger partial charge in [0.1, 0.15) is 10.5 Å². The van der Waals surface area contributed by atoms with Crippen LogP contribution in [-0.2, 0) is 4.79 Å². The minimum atomic E-state index is -0.370. The number of aryl methyl sites for hydroxylation is 2. The molecule has 0 spiro atoms. The summed E-state index contributed by atoms with van der Waals surface area (Å²) < 4.78 is 15.7. The first-order valence-corrected chi connectivity index (χ1v) is 12.0. The molecule has 0 bridgehead atoms. The maximum absolute atomic E-state index is 13.7. The molecule has 2 heterocycles. The number of hydrogen-bond donors (Lipinski definition) is 0. The van der Waals surface area contributed by atoms with Gasteiger partial charge >= 0.3 is 0 Å². The van der Waals surface area contributed by atoms with Crippen molar-refractivity contribution in [3.63, 3.8) is 0 Å². The van der Waals surface area contributed by atoms with Crippen LogP contribution in [0.25, 0.3) is 15.9 Å². The molecule has 0 aliphatic heterocycles. The molecule has 0 saturated carbocycles. The van der Waals surface area contributed by atoms with Gasteiger partial charge < -0.3 is 4.90 Å².